The van der Waals surface area contributed by atoms with Crippen LogP contribution in [0.15, 0.2) is 30.3 Å². The van der Waals surface area contributed by atoms with Gasteiger partial charge in [-0.1, -0.05) is 6.92 Å². The number of nitro groups is 1. The second-order valence-electron chi connectivity index (χ2n) is 6.96. The van der Waals surface area contributed by atoms with E-state index in [1.165, 1.54) is 6.07 Å². The molecule has 2 rings (SSSR count). The molecule has 2 aromatic rings. The first kappa shape index (κ1) is 23.5. The molecule has 0 aliphatic carbocycles. The monoisotopic (exact) mass is 432 g/mol. The van der Waals surface area contributed by atoms with Crippen molar-refractivity contribution in [1.29, 1.82) is 0 Å². The summed E-state index contributed by atoms with van der Waals surface area (Å²) in [5.74, 6) is 0.668. The first-order valence-corrected chi connectivity index (χ1v) is 9.72. The SMILES string of the molecule is CCOC(=O)Nc1cc(NCC(C)CN(C)c2ccc(OC)cc2)c([N+](=O)[O-])c(N)n1. The van der Waals surface area contributed by atoms with Crippen LogP contribution < -0.4 is 26.0 Å². The number of aromatic nitrogens is 1. The predicted molar refractivity (Wildman–Crippen MR) is 120 cm³/mol. The van der Waals surface area contributed by atoms with Gasteiger partial charge >= 0.3 is 11.8 Å². The van der Waals surface area contributed by atoms with E-state index >= 15 is 0 Å². The van der Waals surface area contributed by atoms with Crippen LogP contribution in [0.1, 0.15) is 13.8 Å². The summed E-state index contributed by atoms with van der Waals surface area (Å²) in [5.41, 5.74) is 6.60. The zero-order chi connectivity index (χ0) is 23.0. The van der Waals surface area contributed by atoms with Crippen molar-refractivity contribution in [3.8, 4) is 5.75 Å². The lowest BCUT2D eigenvalue weighted by molar-refractivity contribution is -0.383. The van der Waals surface area contributed by atoms with E-state index in [4.69, 9.17) is 15.2 Å². The summed E-state index contributed by atoms with van der Waals surface area (Å²) in [6.07, 6.45) is -0.719. The molecule has 0 saturated heterocycles. The standard InChI is InChI=1S/C20H28N6O5/c1-5-31-20(27)24-17-10-16(18(26(28)29)19(21)23-17)22-11-13(2)12-25(3)14-6-8-15(30-4)9-7-14/h6-10,13H,5,11-12H2,1-4H3,(H4,21,22,23,24,27). The second kappa shape index (κ2) is 10.9. The Bertz CT molecular complexity index is 906. The van der Waals surface area contributed by atoms with Crippen molar-refractivity contribution in [1.82, 2.24) is 4.98 Å². The van der Waals surface area contributed by atoms with E-state index in [0.29, 0.717) is 13.1 Å². The lowest BCUT2D eigenvalue weighted by Gasteiger charge is -2.24. The third-order valence-electron chi connectivity index (χ3n) is 4.45. The topological polar surface area (TPSA) is 145 Å². The van der Waals surface area contributed by atoms with Gasteiger partial charge in [0.2, 0.25) is 5.82 Å². The first-order valence-electron chi connectivity index (χ1n) is 9.72. The van der Waals surface area contributed by atoms with Gasteiger partial charge in [-0.3, -0.25) is 15.4 Å². The molecule has 1 amide bonds. The Hall–Kier alpha value is -3.76. The van der Waals surface area contributed by atoms with E-state index in [2.05, 4.69) is 20.5 Å². The molecule has 4 N–H and O–H groups in total. The number of hydrogen-bond acceptors (Lipinski definition) is 9. The Morgan fingerprint density at radius 3 is 2.61 bits per heavy atom. The molecular weight excluding hydrogens is 404 g/mol. The molecule has 1 aromatic carbocycles. The van der Waals surface area contributed by atoms with Crippen LogP contribution >= 0.6 is 0 Å². The molecule has 0 fully saturated rings. The van der Waals surface area contributed by atoms with Crippen LogP contribution in [0, 0.1) is 16.0 Å². The number of nitrogen functional groups attached to an aromatic ring is 1. The number of anilines is 4. The van der Waals surface area contributed by atoms with Gasteiger partial charge < -0.3 is 25.4 Å². The average Bonchev–Trinajstić information content (AvgIpc) is 2.71. The fourth-order valence-corrected chi connectivity index (χ4v) is 2.98. The third-order valence-corrected chi connectivity index (χ3v) is 4.45. The van der Waals surface area contributed by atoms with E-state index in [-0.39, 0.29) is 35.5 Å². The summed E-state index contributed by atoms with van der Waals surface area (Å²) in [5, 5.41) is 16.9. The fourth-order valence-electron chi connectivity index (χ4n) is 2.98. The van der Waals surface area contributed by atoms with Gasteiger partial charge in [0.25, 0.3) is 0 Å². The van der Waals surface area contributed by atoms with Crippen molar-refractivity contribution in [2.45, 2.75) is 13.8 Å². The highest BCUT2D eigenvalue weighted by molar-refractivity contribution is 5.86. The quantitative estimate of drug-likeness (QED) is 0.380. The fraction of sp³-hybridized carbons (Fsp3) is 0.400. The highest BCUT2D eigenvalue weighted by Gasteiger charge is 2.22. The predicted octanol–water partition coefficient (Wildman–Crippen LogP) is 3.33. The van der Waals surface area contributed by atoms with E-state index in [0.717, 1.165) is 11.4 Å². The summed E-state index contributed by atoms with van der Waals surface area (Å²) in [6.45, 7) is 4.99. The Morgan fingerprint density at radius 2 is 2.03 bits per heavy atom. The number of methoxy groups -OCH3 is 1. The molecule has 31 heavy (non-hydrogen) atoms. The number of ether oxygens (including phenoxy) is 2. The number of pyridine rings is 1. The number of carbonyl (C=O) groups is 1. The Labute approximate surface area is 180 Å². The van der Waals surface area contributed by atoms with Gasteiger partial charge in [-0.15, -0.1) is 0 Å². The van der Waals surface area contributed by atoms with Crippen molar-refractivity contribution in [3.63, 3.8) is 0 Å². The van der Waals surface area contributed by atoms with Crippen LogP contribution in [0.25, 0.3) is 0 Å². The minimum absolute atomic E-state index is 0.0621. The zero-order valence-electron chi connectivity index (χ0n) is 18.0. The maximum absolute atomic E-state index is 11.6. The highest BCUT2D eigenvalue weighted by Crippen LogP contribution is 2.32. The van der Waals surface area contributed by atoms with Crippen molar-refractivity contribution in [2.24, 2.45) is 5.92 Å². The lowest BCUT2D eigenvalue weighted by Crippen LogP contribution is -2.28. The molecule has 0 aliphatic heterocycles. The summed E-state index contributed by atoms with van der Waals surface area (Å²) in [7, 11) is 3.58. The molecule has 0 saturated carbocycles. The minimum atomic E-state index is -0.719. The Morgan fingerprint density at radius 1 is 1.35 bits per heavy atom. The summed E-state index contributed by atoms with van der Waals surface area (Å²) >= 11 is 0. The number of hydrogen-bond donors (Lipinski definition) is 3. The van der Waals surface area contributed by atoms with Gasteiger partial charge in [-0.25, -0.2) is 9.78 Å². The van der Waals surface area contributed by atoms with E-state index < -0.39 is 11.0 Å². The van der Waals surface area contributed by atoms with Gasteiger partial charge in [-0.2, -0.15) is 0 Å². The lowest BCUT2D eigenvalue weighted by atomic mass is 10.1. The van der Waals surface area contributed by atoms with Crippen molar-refractivity contribution < 1.29 is 19.2 Å². The molecule has 168 valence electrons. The normalized spacial score (nSPS) is 11.4. The minimum Gasteiger partial charge on any atom is -0.497 e. The van der Waals surface area contributed by atoms with Crippen LogP contribution in [0.5, 0.6) is 5.75 Å². The number of rotatable bonds is 10. The second-order valence-corrected chi connectivity index (χ2v) is 6.96. The molecule has 0 radical (unpaired) electrons. The van der Waals surface area contributed by atoms with E-state index in [1.807, 2.05) is 38.2 Å². The number of benzene rings is 1. The molecule has 1 heterocycles. The summed E-state index contributed by atoms with van der Waals surface area (Å²) in [4.78, 5) is 28.4. The van der Waals surface area contributed by atoms with E-state index in [1.54, 1.807) is 14.0 Å². The van der Waals surface area contributed by atoms with Crippen molar-refractivity contribution in [3.05, 3.63) is 40.4 Å². The number of carbonyl (C=O) groups excluding carboxylic acids is 1. The van der Waals surface area contributed by atoms with Crippen molar-refractivity contribution >= 4 is 34.8 Å². The molecule has 1 aromatic heterocycles. The van der Waals surface area contributed by atoms with Gasteiger partial charge in [0, 0.05) is 31.9 Å². The molecule has 1 unspecified atom stereocenters. The van der Waals surface area contributed by atoms with Crippen LogP contribution in [0.3, 0.4) is 0 Å². The molecule has 0 bridgehead atoms. The number of nitrogens with one attached hydrogen (secondary N) is 2. The van der Waals surface area contributed by atoms with Gasteiger partial charge in [0.15, 0.2) is 0 Å². The van der Waals surface area contributed by atoms with Gasteiger partial charge in [0.05, 0.1) is 18.6 Å². The molecule has 0 aliphatic rings. The maximum atomic E-state index is 11.6. The summed E-state index contributed by atoms with van der Waals surface area (Å²) < 4.78 is 9.98. The van der Waals surface area contributed by atoms with Crippen LogP contribution in [0.4, 0.5) is 33.5 Å². The number of nitrogens with zero attached hydrogens (tertiary/aromatic N) is 3. The van der Waals surface area contributed by atoms with Crippen molar-refractivity contribution in [2.75, 3.05) is 55.1 Å². The molecule has 11 heteroatoms. The number of nitrogens with two attached hydrogens (primary N) is 1. The third kappa shape index (κ3) is 6.63. The smallest absolute Gasteiger partial charge is 0.412 e. The maximum Gasteiger partial charge on any atom is 0.412 e. The van der Waals surface area contributed by atoms with E-state index in [9.17, 15) is 14.9 Å². The molecule has 1 atom stereocenters. The average molecular weight is 432 g/mol. The highest BCUT2D eigenvalue weighted by atomic mass is 16.6. The largest absolute Gasteiger partial charge is 0.497 e. The van der Waals surface area contributed by atoms with Crippen LogP contribution in [-0.4, -0.2) is 49.9 Å². The Kier molecular flexibility index (Phi) is 8.24. The molecular formula is C20H28N6O5. The van der Waals surface area contributed by atoms with Gasteiger partial charge in [0.1, 0.15) is 17.3 Å². The molecule has 11 nitrogen and oxygen atoms in total. The number of amides is 1. The zero-order valence-corrected chi connectivity index (χ0v) is 18.0. The van der Waals surface area contributed by atoms with Crippen LogP contribution in [0.2, 0.25) is 0 Å². The van der Waals surface area contributed by atoms with Crippen LogP contribution in [-0.2, 0) is 4.74 Å². The first-order chi connectivity index (χ1) is 14.7. The van der Waals surface area contributed by atoms with Gasteiger partial charge in [-0.05, 0) is 37.1 Å². The Balaban J connectivity index is 2.08. The summed E-state index contributed by atoms with van der Waals surface area (Å²) in [6, 6.07) is 9.05. The molecule has 0 spiro atoms.